The monoisotopic (exact) mass is 304 g/mol. The molecule has 23 heavy (non-hydrogen) atoms. The maximum absolute atomic E-state index is 4.78. The van der Waals surface area contributed by atoms with Gasteiger partial charge >= 0.3 is 0 Å². The molecule has 0 bridgehead atoms. The lowest BCUT2D eigenvalue weighted by Gasteiger charge is -2.08. The normalized spacial score (nSPS) is 10.6. The number of benzene rings is 1. The van der Waals surface area contributed by atoms with Crippen LogP contribution in [0, 0.1) is 0 Å². The number of nitrogens with zero attached hydrogens (tertiary/aromatic N) is 5. The molecule has 0 spiro atoms. The van der Waals surface area contributed by atoms with E-state index < -0.39 is 0 Å². The summed E-state index contributed by atoms with van der Waals surface area (Å²) in [5.41, 5.74) is 1.02. The SMILES string of the molecule is c1ccc(-c2nccn2-c2ccnc(Nc3ccon3)n2)cc1. The summed E-state index contributed by atoms with van der Waals surface area (Å²) in [6, 6.07) is 13.5. The van der Waals surface area contributed by atoms with E-state index in [2.05, 4.69) is 25.4 Å². The van der Waals surface area contributed by atoms with Crippen LogP contribution >= 0.6 is 0 Å². The minimum absolute atomic E-state index is 0.434. The molecule has 0 radical (unpaired) electrons. The molecule has 0 aliphatic rings. The zero-order valence-electron chi connectivity index (χ0n) is 12.0. The third-order valence-electron chi connectivity index (χ3n) is 3.24. The second-order valence-electron chi connectivity index (χ2n) is 4.74. The quantitative estimate of drug-likeness (QED) is 0.624. The van der Waals surface area contributed by atoms with Gasteiger partial charge in [-0.25, -0.2) is 9.97 Å². The van der Waals surface area contributed by atoms with Crippen LogP contribution in [0.5, 0.6) is 0 Å². The van der Waals surface area contributed by atoms with Gasteiger partial charge in [0.15, 0.2) is 5.82 Å². The van der Waals surface area contributed by atoms with Gasteiger partial charge in [0.25, 0.3) is 0 Å². The van der Waals surface area contributed by atoms with Crippen LogP contribution in [0.15, 0.2) is 71.8 Å². The highest BCUT2D eigenvalue weighted by atomic mass is 16.5. The van der Waals surface area contributed by atoms with Gasteiger partial charge in [0.2, 0.25) is 5.95 Å². The van der Waals surface area contributed by atoms with Crippen LogP contribution in [0.4, 0.5) is 11.8 Å². The van der Waals surface area contributed by atoms with Crippen molar-refractivity contribution < 1.29 is 4.52 Å². The highest BCUT2D eigenvalue weighted by Crippen LogP contribution is 2.20. The molecule has 0 saturated heterocycles. The first-order valence-corrected chi connectivity index (χ1v) is 7.00. The lowest BCUT2D eigenvalue weighted by Crippen LogP contribution is -2.03. The van der Waals surface area contributed by atoms with Gasteiger partial charge in [-0.05, 0) is 6.07 Å². The van der Waals surface area contributed by atoms with E-state index in [9.17, 15) is 0 Å². The van der Waals surface area contributed by atoms with Crippen molar-refractivity contribution in [1.82, 2.24) is 24.7 Å². The number of rotatable bonds is 4. The fourth-order valence-electron chi connectivity index (χ4n) is 2.22. The van der Waals surface area contributed by atoms with Gasteiger partial charge in [-0.2, -0.15) is 4.98 Å². The van der Waals surface area contributed by atoms with E-state index in [1.54, 1.807) is 18.5 Å². The third kappa shape index (κ3) is 2.67. The summed E-state index contributed by atoms with van der Waals surface area (Å²) in [7, 11) is 0. The molecule has 0 amide bonds. The summed E-state index contributed by atoms with van der Waals surface area (Å²) >= 11 is 0. The molecule has 1 N–H and O–H groups in total. The molecule has 3 aromatic heterocycles. The Kier molecular flexibility index (Phi) is 3.28. The highest BCUT2D eigenvalue weighted by molar-refractivity contribution is 5.58. The Bertz CT molecular complexity index is 901. The van der Waals surface area contributed by atoms with E-state index in [0.29, 0.717) is 17.6 Å². The van der Waals surface area contributed by atoms with Crippen molar-refractivity contribution in [2.45, 2.75) is 0 Å². The Morgan fingerprint density at radius 1 is 0.957 bits per heavy atom. The van der Waals surface area contributed by atoms with Crippen LogP contribution in [0.3, 0.4) is 0 Å². The van der Waals surface area contributed by atoms with Gasteiger partial charge in [0.1, 0.15) is 17.9 Å². The Morgan fingerprint density at radius 3 is 2.70 bits per heavy atom. The Morgan fingerprint density at radius 2 is 1.87 bits per heavy atom. The smallest absolute Gasteiger partial charge is 0.230 e. The minimum Gasteiger partial charge on any atom is -0.363 e. The summed E-state index contributed by atoms with van der Waals surface area (Å²) in [5, 5.41) is 6.77. The zero-order chi connectivity index (χ0) is 15.5. The van der Waals surface area contributed by atoms with Crippen molar-refractivity contribution >= 4 is 11.8 Å². The molecule has 7 nitrogen and oxygen atoms in total. The summed E-state index contributed by atoms with van der Waals surface area (Å²) < 4.78 is 6.69. The Hall–Kier alpha value is -3.48. The van der Waals surface area contributed by atoms with Crippen molar-refractivity contribution in [1.29, 1.82) is 0 Å². The molecule has 0 atom stereocenters. The number of aromatic nitrogens is 5. The molecule has 0 aliphatic carbocycles. The van der Waals surface area contributed by atoms with Gasteiger partial charge < -0.3 is 9.84 Å². The van der Waals surface area contributed by atoms with Gasteiger partial charge in [-0.15, -0.1) is 0 Å². The van der Waals surface area contributed by atoms with E-state index in [-0.39, 0.29) is 0 Å². The first-order valence-electron chi connectivity index (χ1n) is 7.00. The molecule has 0 aliphatic heterocycles. The number of nitrogens with one attached hydrogen (secondary N) is 1. The van der Waals surface area contributed by atoms with Gasteiger partial charge in [-0.3, -0.25) is 4.57 Å². The molecular formula is C16H12N6O. The molecule has 0 fully saturated rings. The molecule has 7 heteroatoms. The van der Waals surface area contributed by atoms with Crippen LogP contribution in [0.1, 0.15) is 0 Å². The van der Waals surface area contributed by atoms with E-state index in [1.807, 2.05) is 47.2 Å². The maximum Gasteiger partial charge on any atom is 0.230 e. The number of hydrogen-bond donors (Lipinski definition) is 1. The molecule has 4 aromatic rings. The molecule has 3 heterocycles. The topological polar surface area (TPSA) is 81.7 Å². The maximum atomic E-state index is 4.78. The third-order valence-corrected chi connectivity index (χ3v) is 3.24. The van der Waals surface area contributed by atoms with Crippen LogP contribution in [0.2, 0.25) is 0 Å². The van der Waals surface area contributed by atoms with Gasteiger partial charge in [0.05, 0.1) is 0 Å². The van der Waals surface area contributed by atoms with Crippen molar-refractivity contribution in [3.63, 3.8) is 0 Å². The zero-order valence-corrected chi connectivity index (χ0v) is 12.0. The average molecular weight is 304 g/mol. The predicted octanol–water partition coefficient (Wildman–Crippen LogP) is 3.06. The first-order chi connectivity index (χ1) is 11.4. The average Bonchev–Trinajstić information content (AvgIpc) is 3.27. The number of hydrogen-bond acceptors (Lipinski definition) is 6. The van der Waals surface area contributed by atoms with Crippen LogP contribution in [-0.2, 0) is 0 Å². The predicted molar refractivity (Wildman–Crippen MR) is 84.4 cm³/mol. The largest absolute Gasteiger partial charge is 0.363 e. The number of anilines is 2. The molecule has 1 aromatic carbocycles. The second-order valence-corrected chi connectivity index (χ2v) is 4.74. The first kappa shape index (κ1) is 13.2. The molecule has 0 unspecified atom stereocenters. The Balaban J connectivity index is 1.71. The molecule has 0 saturated carbocycles. The summed E-state index contributed by atoms with van der Waals surface area (Å²) in [6.45, 7) is 0. The Labute approximate surface area is 131 Å². The highest BCUT2D eigenvalue weighted by Gasteiger charge is 2.09. The fourth-order valence-corrected chi connectivity index (χ4v) is 2.22. The summed E-state index contributed by atoms with van der Waals surface area (Å²) in [6.07, 6.45) is 6.77. The van der Waals surface area contributed by atoms with Gasteiger partial charge in [0, 0.05) is 30.2 Å². The number of imidazole rings is 1. The van der Waals surface area contributed by atoms with E-state index in [4.69, 9.17) is 4.52 Å². The fraction of sp³-hybridized carbons (Fsp3) is 0. The lowest BCUT2D eigenvalue weighted by atomic mass is 10.2. The van der Waals surface area contributed by atoms with Crippen LogP contribution in [-0.4, -0.2) is 24.7 Å². The van der Waals surface area contributed by atoms with Crippen molar-refractivity contribution in [2.24, 2.45) is 0 Å². The second kappa shape index (κ2) is 5.72. The minimum atomic E-state index is 0.434. The van der Waals surface area contributed by atoms with Crippen molar-refractivity contribution in [3.05, 3.63) is 67.3 Å². The summed E-state index contributed by atoms with van der Waals surface area (Å²) in [4.78, 5) is 13.1. The van der Waals surface area contributed by atoms with E-state index in [1.165, 1.54) is 6.26 Å². The molecular weight excluding hydrogens is 292 g/mol. The van der Waals surface area contributed by atoms with Crippen LogP contribution < -0.4 is 5.32 Å². The van der Waals surface area contributed by atoms with E-state index >= 15 is 0 Å². The lowest BCUT2D eigenvalue weighted by molar-refractivity contribution is 0.423. The standard InChI is InChI=1S/C16H12N6O/c1-2-4-12(5-3-1)15-17-9-10-22(15)14-6-8-18-16(20-14)19-13-7-11-23-21-13/h1-11H,(H,18,19,20,21). The van der Waals surface area contributed by atoms with Gasteiger partial charge in [-0.1, -0.05) is 35.5 Å². The van der Waals surface area contributed by atoms with Crippen molar-refractivity contribution in [2.75, 3.05) is 5.32 Å². The van der Waals surface area contributed by atoms with E-state index in [0.717, 1.165) is 11.4 Å². The van der Waals surface area contributed by atoms with Crippen molar-refractivity contribution in [3.8, 4) is 17.2 Å². The molecule has 112 valence electrons. The van der Waals surface area contributed by atoms with Crippen LogP contribution in [0.25, 0.3) is 17.2 Å². The molecule has 4 rings (SSSR count). The summed E-state index contributed by atoms with van der Waals surface area (Å²) in [5.74, 6) is 2.51.